The first-order valence-corrected chi connectivity index (χ1v) is 6.67. The Bertz CT molecular complexity index is 475. The fourth-order valence-electron chi connectivity index (χ4n) is 2.20. The van der Waals surface area contributed by atoms with Gasteiger partial charge in [-0.1, -0.05) is 18.5 Å². The average molecular weight is 288 g/mol. The first-order chi connectivity index (χ1) is 9.02. The van der Waals surface area contributed by atoms with Crippen LogP contribution < -0.4 is 0 Å². The van der Waals surface area contributed by atoms with Crippen molar-refractivity contribution in [2.24, 2.45) is 7.05 Å². The molecule has 1 unspecified atom stereocenters. The molecule has 2 rings (SSSR count). The maximum absolute atomic E-state index is 10.9. The predicted octanol–water partition coefficient (Wildman–Crippen LogP) is 0.921. The summed E-state index contributed by atoms with van der Waals surface area (Å²) in [6.07, 6.45) is 0.0273. The molecule has 0 bridgehead atoms. The lowest BCUT2D eigenvalue weighted by molar-refractivity contribution is -0.156. The molecule has 1 aromatic heterocycles. The van der Waals surface area contributed by atoms with Gasteiger partial charge in [0.2, 0.25) is 0 Å². The molecule has 0 aliphatic carbocycles. The molecule has 0 spiro atoms. The van der Waals surface area contributed by atoms with Crippen molar-refractivity contribution in [1.82, 2.24) is 14.7 Å². The molecule has 1 fully saturated rings. The summed E-state index contributed by atoms with van der Waals surface area (Å²) in [7, 11) is 1.86. The Morgan fingerprint density at radius 1 is 1.63 bits per heavy atom. The average Bonchev–Trinajstić information content (AvgIpc) is 2.66. The van der Waals surface area contributed by atoms with Gasteiger partial charge in [-0.2, -0.15) is 5.10 Å². The molecule has 1 aliphatic rings. The van der Waals surface area contributed by atoms with Gasteiger partial charge in [0, 0.05) is 26.7 Å². The lowest BCUT2D eigenvalue weighted by atomic mass is 10.2. The molecule has 7 heteroatoms. The largest absolute Gasteiger partial charge is 0.479 e. The SMILES string of the molecule is CCc1nn(C)c(CN2CCOC(C(=O)O)C2)c1Cl. The van der Waals surface area contributed by atoms with Crippen molar-refractivity contribution in [1.29, 1.82) is 0 Å². The second-order valence-corrected chi connectivity index (χ2v) is 5.00. The summed E-state index contributed by atoms with van der Waals surface area (Å²) >= 11 is 6.29. The fourth-order valence-corrected chi connectivity index (χ4v) is 2.55. The van der Waals surface area contributed by atoms with E-state index in [0.717, 1.165) is 17.8 Å². The normalized spacial score (nSPS) is 20.7. The monoisotopic (exact) mass is 287 g/mol. The van der Waals surface area contributed by atoms with Crippen LogP contribution in [0.4, 0.5) is 0 Å². The van der Waals surface area contributed by atoms with Crippen LogP contribution in [-0.4, -0.2) is 51.6 Å². The van der Waals surface area contributed by atoms with Crippen LogP contribution in [0.1, 0.15) is 18.3 Å². The smallest absolute Gasteiger partial charge is 0.334 e. The number of ether oxygens (including phenoxy) is 1. The van der Waals surface area contributed by atoms with Crippen LogP contribution in [0.5, 0.6) is 0 Å². The van der Waals surface area contributed by atoms with Gasteiger partial charge in [0.25, 0.3) is 0 Å². The van der Waals surface area contributed by atoms with Crippen molar-refractivity contribution in [2.45, 2.75) is 26.0 Å². The van der Waals surface area contributed by atoms with Crippen LogP contribution in [0, 0.1) is 0 Å². The third-order valence-electron chi connectivity index (χ3n) is 3.30. The van der Waals surface area contributed by atoms with E-state index in [9.17, 15) is 4.79 Å². The molecular weight excluding hydrogens is 270 g/mol. The lowest BCUT2D eigenvalue weighted by Crippen LogP contribution is -2.45. The van der Waals surface area contributed by atoms with Gasteiger partial charge in [-0.3, -0.25) is 9.58 Å². The molecule has 106 valence electrons. The number of nitrogens with zero attached hydrogens (tertiary/aromatic N) is 3. The van der Waals surface area contributed by atoms with E-state index in [0.29, 0.717) is 31.3 Å². The number of morpholine rings is 1. The van der Waals surface area contributed by atoms with Crippen molar-refractivity contribution in [3.05, 3.63) is 16.4 Å². The van der Waals surface area contributed by atoms with Gasteiger partial charge in [0.1, 0.15) is 0 Å². The quantitative estimate of drug-likeness (QED) is 0.892. The Kier molecular flexibility index (Phi) is 4.44. The molecule has 0 amide bonds. The second kappa shape index (κ2) is 5.90. The molecule has 1 N–H and O–H groups in total. The van der Waals surface area contributed by atoms with E-state index in [1.807, 2.05) is 18.9 Å². The van der Waals surface area contributed by atoms with E-state index in [-0.39, 0.29) is 0 Å². The Morgan fingerprint density at radius 3 is 2.95 bits per heavy atom. The minimum atomic E-state index is -0.921. The summed E-state index contributed by atoms with van der Waals surface area (Å²) in [6, 6.07) is 0. The topological polar surface area (TPSA) is 67.6 Å². The zero-order valence-corrected chi connectivity index (χ0v) is 11.9. The maximum atomic E-state index is 10.9. The number of rotatable bonds is 4. The summed E-state index contributed by atoms with van der Waals surface area (Å²) in [4.78, 5) is 13.0. The summed E-state index contributed by atoms with van der Waals surface area (Å²) in [5.74, 6) is -0.921. The molecule has 2 heterocycles. The highest BCUT2D eigenvalue weighted by Crippen LogP contribution is 2.23. The fraction of sp³-hybridized carbons (Fsp3) is 0.667. The number of carboxylic acids is 1. The van der Waals surface area contributed by atoms with Crippen molar-refractivity contribution in [3.8, 4) is 0 Å². The van der Waals surface area contributed by atoms with E-state index in [1.165, 1.54) is 0 Å². The molecule has 0 aromatic carbocycles. The summed E-state index contributed by atoms with van der Waals surface area (Å²) in [5, 5.41) is 14.0. The molecule has 1 saturated heterocycles. The number of carbonyl (C=O) groups is 1. The number of hydrogen-bond donors (Lipinski definition) is 1. The van der Waals surface area contributed by atoms with Gasteiger partial charge in [0.15, 0.2) is 6.10 Å². The first-order valence-electron chi connectivity index (χ1n) is 6.30. The van der Waals surface area contributed by atoms with Crippen LogP contribution in [0.25, 0.3) is 0 Å². The van der Waals surface area contributed by atoms with E-state index < -0.39 is 12.1 Å². The predicted molar refractivity (Wildman–Crippen MR) is 70.2 cm³/mol. The second-order valence-electron chi connectivity index (χ2n) is 4.62. The Labute approximate surface area is 116 Å². The Morgan fingerprint density at radius 2 is 2.37 bits per heavy atom. The van der Waals surface area contributed by atoms with Crippen molar-refractivity contribution >= 4 is 17.6 Å². The lowest BCUT2D eigenvalue weighted by Gasteiger charge is -2.30. The summed E-state index contributed by atoms with van der Waals surface area (Å²) < 4.78 is 6.97. The van der Waals surface area contributed by atoms with Gasteiger partial charge in [0.05, 0.1) is 23.0 Å². The number of aliphatic carboxylic acids is 1. The van der Waals surface area contributed by atoms with E-state index in [4.69, 9.17) is 21.4 Å². The van der Waals surface area contributed by atoms with Gasteiger partial charge < -0.3 is 9.84 Å². The van der Waals surface area contributed by atoms with Crippen LogP contribution in [-0.2, 0) is 29.5 Å². The number of carboxylic acid groups (broad SMARTS) is 1. The van der Waals surface area contributed by atoms with Crippen molar-refractivity contribution in [3.63, 3.8) is 0 Å². The number of hydrogen-bond acceptors (Lipinski definition) is 4. The molecule has 1 atom stereocenters. The molecular formula is C12H18ClN3O3. The van der Waals surface area contributed by atoms with E-state index in [2.05, 4.69) is 5.10 Å². The van der Waals surface area contributed by atoms with Crippen LogP contribution in [0.3, 0.4) is 0 Å². The van der Waals surface area contributed by atoms with Gasteiger partial charge in [-0.05, 0) is 6.42 Å². The minimum absolute atomic E-state index is 0.373. The van der Waals surface area contributed by atoms with Crippen LogP contribution in [0.2, 0.25) is 5.02 Å². The summed E-state index contributed by atoms with van der Waals surface area (Å²) in [5.41, 5.74) is 1.80. The maximum Gasteiger partial charge on any atom is 0.334 e. The first kappa shape index (κ1) is 14.3. The van der Waals surface area contributed by atoms with Crippen LogP contribution >= 0.6 is 11.6 Å². The highest BCUT2D eigenvalue weighted by Gasteiger charge is 2.27. The minimum Gasteiger partial charge on any atom is -0.479 e. The molecule has 1 aromatic rings. The molecule has 0 saturated carbocycles. The van der Waals surface area contributed by atoms with E-state index in [1.54, 1.807) is 4.68 Å². The van der Waals surface area contributed by atoms with Crippen molar-refractivity contribution in [2.75, 3.05) is 19.7 Å². The number of halogens is 1. The molecule has 0 radical (unpaired) electrons. The van der Waals surface area contributed by atoms with Crippen molar-refractivity contribution < 1.29 is 14.6 Å². The van der Waals surface area contributed by atoms with Crippen LogP contribution in [0.15, 0.2) is 0 Å². The molecule has 19 heavy (non-hydrogen) atoms. The Balaban J connectivity index is 2.08. The van der Waals surface area contributed by atoms with Gasteiger partial charge >= 0.3 is 5.97 Å². The van der Waals surface area contributed by atoms with E-state index >= 15 is 0 Å². The third-order valence-corrected chi connectivity index (χ3v) is 3.74. The standard InChI is InChI=1S/C12H18ClN3O3/c1-3-8-11(13)9(15(2)14-8)6-16-4-5-19-10(7-16)12(17)18/h10H,3-7H2,1-2H3,(H,17,18). The third kappa shape index (κ3) is 3.08. The number of aryl methyl sites for hydroxylation is 2. The molecule has 1 aliphatic heterocycles. The highest BCUT2D eigenvalue weighted by atomic mass is 35.5. The van der Waals surface area contributed by atoms with Gasteiger partial charge in [-0.15, -0.1) is 0 Å². The van der Waals surface area contributed by atoms with Gasteiger partial charge in [-0.25, -0.2) is 4.79 Å². The molecule has 6 nitrogen and oxygen atoms in total. The number of aromatic nitrogens is 2. The zero-order chi connectivity index (χ0) is 14.0. The summed E-state index contributed by atoms with van der Waals surface area (Å²) in [6.45, 7) is 4.10. The zero-order valence-electron chi connectivity index (χ0n) is 11.1. The Hall–Kier alpha value is -1.11. The highest BCUT2D eigenvalue weighted by molar-refractivity contribution is 6.31.